The van der Waals surface area contributed by atoms with Crippen molar-refractivity contribution in [3.05, 3.63) is 64.7 Å². The van der Waals surface area contributed by atoms with Crippen LogP contribution in [0, 0.1) is 13.8 Å². The summed E-state index contributed by atoms with van der Waals surface area (Å²) in [6.45, 7) is 5.86. The van der Waals surface area contributed by atoms with E-state index in [1.54, 1.807) is 12.1 Å². The molecule has 2 aliphatic heterocycles. The van der Waals surface area contributed by atoms with Crippen molar-refractivity contribution >= 4 is 35.3 Å². The van der Waals surface area contributed by atoms with Crippen molar-refractivity contribution in [3.63, 3.8) is 0 Å². The number of benzene rings is 2. The highest BCUT2D eigenvalue weighted by Gasteiger charge is 2.37. The Bertz CT molecular complexity index is 1020. The summed E-state index contributed by atoms with van der Waals surface area (Å²) in [5.41, 5.74) is 4.08. The number of carbonyl (C=O) groups excluding carboxylic acids is 3. The van der Waals surface area contributed by atoms with Crippen LogP contribution in [-0.2, 0) is 9.59 Å². The summed E-state index contributed by atoms with van der Waals surface area (Å²) in [4.78, 5) is 41.2. The summed E-state index contributed by atoms with van der Waals surface area (Å²) in [5.74, 6) is -1.29. The summed E-state index contributed by atoms with van der Waals surface area (Å²) in [6, 6.07) is 12.4. The molecule has 2 fully saturated rings. The summed E-state index contributed by atoms with van der Waals surface area (Å²) in [7, 11) is 0. The number of hydrogen-bond donors (Lipinski definition) is 1. The van der Waals surface area contributed by atoms with E-state index in [9.17, 15) is 14.4 Å². The molecule has 4 amide bonds. The monoisotopic (exact) mass is 389 g/mol. The van der Waals surface area contributed by atoms with Gasteiger partial charge in [-0.3, -0.25) is 14.9 Å². The van der Waals surface area contributed by atoms with Crippen molar-refractivity contribution in [2.45, 2.75) is 26.7 Å². The molecule has 0 saturated carbocycles. The quantitative estimate of drug-likeness (QED) is 0.644. The van der Waals surface area contributed by atoms with Crippen LogP contribution >= 0.6 is 0 Å². The first-order valence-electron chi connectivity index (χ1n) is 9.78. The minimum Gasteiger partial charge on any atom is -0.372 e. The second kappa shape index (κ2) is 7.54. The highest BCUT2D eigenvalue weighted by molar-refractivity contribution is 6.39. The predicted molar refractivity (Wildman–Crippen MR) is 113 cm³/mol. The van der Waals surface area contributed by atoms with Gasteiger partial charge in [0, 0.05) is 18.8 Å². The van der Waals surface area contributed by atoms with Crippen molar-refractivity contribution in [1.29, 1.82) is 0 Å². The highest BCUT2D eigenvalue weighted by Crippen LogP contribution is 2.27. The minimum absolute atomic E-state index is 0.0561. The number of nitrogens with one attached hydrogen (secondary N) is 1. The molecular weight excluding hydrogens is 366 g/mol. The molecular formula is C23H23N3O3. The zero-order chi connectivity index (χ0) is 20.5. The average Bonchev–Trinajstić information content (AvgIpc) is 3.23. The number of imide groups is 2. The Kier molecular flexibility index (Phi) is 4.92. The lowest BCUT2D eigenvalue weighted by molar-refractivity contribution is -0.122. The number of nitrogens with zero attached hydrogens (tertiary/aromatic N) is 2. The van der Waals surface area contributed by atoms with Gasteiger partial charge in [0.15, 0.2) is 0 Å². The van der Waals surface area contributed by atoms with E-state index in [0.717, 1.165) is 40.4 Å². The number of barbiturate groups is 1. The van der Waals surface area contributed by atoms with Crippen LogP contribution in [0.3, 0.4) is 0 Å². The molecule has 2 heterocycles. The SMILES string of the molecule is Cc1cccc(N2C(=O)NC(=O)/C(=C/c3ccc(N4CCCC4)cc3)C2=O)c1C. The Morgan fingerprint density at radius 2 is 1.62 bits per heavy atom. The molecule has 0 unspecified atom stereocenters. The molecule has 2 aromatic carbocycles. The summed E-state index contributed by atoms with van der Waals surface area (Å²) < 4.78 is 0. The van der Waals surface area contributed by atoms with Gasteiger partial charge in [-0.05, 0) is 67.7 Å². The van der Waals surface area contributed by atoms with E-state index in [2.05, 4.69) is 10.2 Å². The zero-order valence-electron chi connectivity index (χ0n) is 16.6. The van der Waals surface area contributed by atoms with Crippen LogP contribution in [0.25, 0.3) is 6.08 Å². The van der Waals surface area contributed by atoms with Crippen molar-refractivity contribution < 1.29 is 14.4 Å². The lowest BCUT2D eigenvalue weighted by Gasteiger charge is -2.28. The second-order valence-electron chi connectivity index (χ2n) is 7.46. The van der Waals surface area contributed by atoms with E-state index in [1.165, 1.54) is 18.9 Å². The number of rotatable bonds is 3. The molecule has 0 spiro atoms. The minimum atomic E-state index is -0.727. The van der Waals surface area contributed by atoms with E-state index >= 15 is 0 Å². The molecule has 6 heteroatoms. The Labute approximate surface area is 169 Å². The molecule has 2 saturated heterocycles. The number of aryl methyl sites for hydroxylation is 1. The van der Waals surface area contributed by atoms with E-state index < -0.39 is 17.8 Å². The number of hydrogen-bond acceptors (Lipinski definition) is 4. The average molecular weight is 389 g/mol. The van der Waals surface area contributed by atoms with Gasteiger partial charge >= 0.3 is 6.03 Å². The molecule has 148 valence electrons. The van der Waals surface area contributed by atoms with Gasteiger partial charge < -0.3 is 4.90 Å². The fraction of sp³-hybridized carbons (Fsp3) is 0.261. The Morgan fingerprint density at radius 1 is 0.931 bits per heavy atom. The van der Waals surface area contributed by atoms with Gasteiger partial charge in [-0.2, -0.15) is 0 Å². The van der Waals surface area contributed by atoms with Crippen molar-refractivity contribution in [3.8, 4) is 0 Å². The lowest BCUT2D eigenvalue weighted by Crippen LogP contribution is -2.54. The number of amides is 4. The van der Waals surface area contributed by atoms with Crippen molar-refractivity contribution in [2.24, 2.45) is 0 Å². The van der Waals surface area contributed by atoms with Gasteiger partial charge in [0.1, 0.15) is 5.57 Å². The fourth-order valence-corrected chi connectivity index (χ4v) is 3.78. The molecule has 0 radical (unpaired) electrons. The maximum absolute atomic E-state index is 13.1. The molecule has 2 aliphatic rings. The van der Waals surface area contributed by atoms with Crippen LogP contribution in [0.2, 0.25) is 0 Å². The number of urea groups is 1. The molecule has 0 aliphatic carbocycles. The molecule has 0 aromatic heterocycles. The van der Waals surface area contributed by atoms with Crippen LogP contribution in [0.15, 0.2) is 48.0 Å². The van der Waals surface area contributed by atoms with Crippen molar-refractivity contribution in [1.82, 2.24) is 5.32 Å². The highest BCUT2D eigenvalue weighted by atomic mass is 16.2. The van der Waals surface area contributed by atoms with Gasteiger partial charge in [0.25, 0.3) is 11.8 Å². The maximum Gasteiger partial charge on any atom is 0.335 e. The van der Waals surface area contributed by atoms with Crippen LogP contribution in [0.1, 0.15) is 29.5 Å². The summed E-state index contributed by atoms with van der Waals surface area (Å²) >= 11 is 0. The second-order valence-corrected chi connectivity index (χ2v) is 7.46. The molecule has 0 atom stereocenters. The third-order valence-corrected chi connectivity index (χ3v) is 5.59. The Hall–Kier alpha value is -3.41. The Balaban J connectivity index is 1.65. The number of anilines is 2. The summed E-state index contributed by atoms with van der Waals surface area (Å²) in [6.07, 6.45) is 3.93. The molecule has 4 rings (SSSR count). The van der Waals surface area contributed by atoms with Crippen LogP contribution in [-0.4, -0.2) is 30.9 Å². The van der Waals surface area contributed by atoms with Crippen LogP contribution in [0.4, 0.5) is 16.2 Å². The molecule has 6 nitrogen and oxygen atoms in total. The van der Waals surface area contributed by atoms with E-state index in [0.29, 0.717) is 5.69 Å². The topological polar surface area (TPSA) is 69.7 Å². The third kappa shape index (κ3) is 3.53. The largest absolute Gasteiger partial charge is 0.372 e. The lowest BCUT2D eigenvalue weighted by atomic mass is 10.0. The molecule has 29 heavy (non-hydrogen) atoms. The van der Waals surface area contributed by atoms with Gasteiger partial charge in [-0.15, -0.1) is 0 Å². The predicted octanol–water partition coefficient (Wildman–Crippen LogP) is 3.57. The van der Waals surface area contributed by atoms with Gasteiger partial charge in [0.05, 0.1) is 5.69 Å². The normalized spacial score (nSPS) is 18.6. The van der Waals surface area contributed by atoms with Gasteiger partial charge in [-0.25, -0.2) is 9.69 Å². The smallest absolute Gasteiger partial charge is 0.335 e. The van der Waals surface area contributed by atoms with Crippen LogP contribution < -0.4 is 15.1 Å². The third-order valence-electron chi connectivity index (χ3n) is 5.59. The van der Waals surface area contributed by atoms with E-state index in [-0.39, 0.29) is 5.57 Å². The fourth-order valence-electron chi connectivity index (χ4n) is 3.78. The molecule has 0 bridgehead atoms. The van der Waals surface area contributed by atoms with Gasteiger partial charge in [0.2, 0.25) is 0 Å². The van der Waals surface area contributed by atoms with E-state index in [1.807, 2.05) is 44.2 Å². The maximum atomic E-state index is 13.1. The van der Waals surface area contributed by atoms with Crippen molar-refractivity contribution in [2.75, 3.05) is 22.9 Å². The molecule has 1 N–H and O–H groups in total. The first-order valence-corrected chi connectivity index (χ1v) is 9.78. The Morgan fingerprint density at radius 3 is 2.31 bits per heavy atom. The zero-order valence-corrected chi connectivity index (χ0v) is 16.6. The molecule has 2 aromatic rings. The first-order chi connectivity index (χ1) is 14.0. The summed E-state index contributed by atoms with van der Waals surface area (Å²) in [5, 5.41) is 2.28. The standard InChI is InChI=1S/C23H23N3O3/c1-15-6-5-7-20(16(15)2)26-22(28)19(21(27)24-23(26)29)14-17-8-10-18(11-9-17)25-12-3-4-13-25/h5-11,14H,3-4,12-13H2,1-2H3,(H,24,27,29)/b19-14-. The van der Waals surface area contributed by atoms with E-state index in [4.69, 9.17) is 0 Å². The number of carbonyl (C=O) groups is 3. The first kappa shape index (κ1) is 18.9. The van der Waals surface area contributed by atoms with Gasteiger partial charge in [-0.1, -0.05) is 24.3 Å². The van der Waals surface area contributed by atoms with Crippen LogP contribution in [0.5, 0.6) is 0 Å².